The highest BCUT2D eigenvalue weighted by Crippen LogP contribution is 2.35. The molecule has 0 aliphatic rings. The number of hydrogen-bond donors (Lipinski definition) is 1. The summed E-state index contributed by atoms with van der Waals surface area (Å²) in [5.41, 5.74) is 6.00. The van der Waals surface area contributed by atoms with Crippen molar-refractivity contribution in [3.8, 4) is 0 Å². The third-order valence-corrected chi connectivity index (χ3v) is 5.07. The number of ether oxygens (including phenoxy) is 1. The summed E-state index contributed by atoms with van der Waals surface area (Å²) in [5, 5.41) is 0.262. The van der Waals surface area contributed by atoms with Crippen LogP contribution in [-0.4, -0.2) is 24.9 Å². The Kier molecular flexibility index (Phi) is 6.02. The van der Waals surface area contributed by atoms with Crippen LogP contribution in [-0.2, 0) is 9.53 Å². The molecular weight excluding hydrogens is 254 g/mol. The first kappa shape index (κ1) is 14.5. The zero-order valence-corrected chi connectivity index (χ0v) is 12.1. The van der Waals surface area contributed by atoms with E-state index in [2.05, 4.69) is 23.8 Å². The number of rotatable bonds is 6. The Morgan fingerprint density at radius 1 is 1.59 bits per heavy atom. The van der Waals surface area contributed by atoms with E-state index in [-0.39, 0.29) is 17.3 Å². The molecule has 5 heteroatoms. The SMILES string of the molecule is COC(=O)CCSC(c1ccc(C)s1)C(C)N. The van der Waals surface area contributed by atoms with Gasteiger partial charge in [0.2, 0.25) is 0 Å². The summed E-state index contributed by atoms with van der Waals surface area (Å²) in [6.45, 7) is 4.09. The number of carbonyl (C=O) groups excluding carboxylic acids is 1. The molecule has 17 heavy (non-hydrogen) atoms. The van der Waals surface area contributed by atoms with Gasteiger partial charge in [-0.1, -0.05) is 0 Å². The molecule has 1 aromatic rings. The van der Waals surface area contributed by atoms with Gasteiger partial charge in [-0.15, -0.1) is 11.3 Å². The van der Waals surface area contributed by atoms with E-state index in [0.29, 0.717) is 6.42 Å². The van der Waals surface area contributed by atoms with Crippen LogP contribution in [0.15, 0.2) is 12.1 Å². The summed E-state index contributed by atoms with van der Waals surface area (Å²) in [5.74, 6) is 0.582. The zero-order chi connectivity index (χ0) is 12.8. The molecule has 2 N–H and O–H groups in total. The third kappa shape index (κ3) is 4.69. The molecular formula is C12H19NO2S2. The van der Waals surface area contributed by atoms with Crippen LogP contribution in [0, 0.1) is 6.92 Å². The number of hydrogen-bond acceptors (Lipinski definition) is 5. The van der Waals surface area contributed by atoms with Crippen LogP contribution < -0.4 is 5.73 Å². The van der Waals surface area contributed by atoms with Gasteiger partial charge in [0.15, 0.2) is 0 Å². The Bertz CT molecular complexity index is 363. The minimum absolute atomic E-state index is 0.0793. The van der Waals surface area contributed by atoms with Gasteiger partial charge in [0.05, 0.1) is 18.8 Å². The average molecular weight is 273 g/mol. The number of thiophene rings is 1. The van der Waals surface area contributed by atoms with Crippen molar-refractivity contribution in [3.63, 3.8) is 0 Å². The maximum atomic E-state index is 11.0. The summed E-state index contributed by atoms with van der Waals surface area (Å²) < 4.78 is 4.62. The Balaban J connectivity index is 2.53. The molecule has 0 fully saturated rings. The fourth-order valence-electron chi connectivity index (χ4n) is 1.47. The fourth-order valence-corrected chi connectivity index (χ4v) is 3.88. The van der Waals surface area contributed by atoms with Crippen molar-refractivity contribution in [2.24, 2.45) is 5.73 Å². The summed E-state index contributed by atoms with van der Waals surface area (Å²) in [6, 6.07) is 4.31. The second-order valence-electron chi connectivity index (χ2n) is 3.93. The topological polar surface area (TPSA) is 52.3 Å². The van der Waals surface area contributed by atoms with Gasteiger partial charge in [-0.05, 0) is 26.0 Å². The molecule has 1 rings (SSSR count). The van der Waals surface area contributed by atoms with E-state index < -0.39 is 0 Å². The molecule has 0 spiro atoms. The van der Waals surface area contributed by atoms with E-state index in [1.807, 2.05) is 6.92 Å². The molecule has 0 radical (unpaired) electrons. The normalized spacial score (nSPS) is 14.4. The average Bonchev–Trinajstić information content (AvgIpc) is 2.70. The van der Waals surface area contributed by atoms with Crippen LogP contribution in [0.3, 0.4) is 0 Å². The third-order valence-electron chi connectivity index (χ3n) is 2.35. The Morgan fingerprint density at radius 2 is 2.29 bits per heavy atom. The smallest absolute Gasteiger partial charge is 0.306 e. The Morgan fingerprint density at radius 3 is 2.76 bits per heavy atom. The van der Waals surface area contributed by atoms with Gasteiger partial charge in [-0.3, -0.25) is 4.79 Å². The van der Waals surface area contributed by atoms with Crippen LogP contribution in [0.2, 0.25) is 0 Å². The largest absolute Gasteiger partial charge is 0.469 e. The second-order valence-corrected chi connectivity index (χ2v) is 6.49. The van der Waals surface area contributed by atoms with Crippen molar-refractivity contribution < 1.29 is 9.53 Å². The Labute approximate surface area is 111 Å². The molecule has 2 unspecified atom stereocenters. The highest BCUT2D eigenvalue weighted by atomic mass is 32.2. The number of carbonyl (C=O) groups is 1. The van der Waals surface area contributed by atoms with Crippen LogP contribution in [0.25, 0.3) is 0 Å². The quantitative estimate of drug-likeness (QED) is 0.810. The fraction of sp³-hybridized carbons (Fsp3) is 0.583. The number of esters is 1. The molecule has 1 aromatic heterocycles. The van der Waals surface area contributed by atoms with E-state index in [0.717, 1.165) is 5.75 Å². The molecule has 3 nitrogen and oxygen atoms in total. The molecule has 0 saturated carbocycles. The van der Waals surface area contributed by atoms with Crippen LogP contribution in [0.1, 0.15) is 28.3 Å². The Hall–Kier alpha value is -0.520. The molecule has 0 amide bonds. The monoisotopic (exact) mass is 273 g/mol. The lowest BCUT2D eigenvalue weighted by Gasteiger charge is -2.18. The zero-order valence-electron chi connectivity index (χ0n) is 10.4. The van der Waals surface area contributed by atoms with Crippen LogP contribution >= 0.6 is 23.1 Å². The molecule has 0 bridgehead atoms. The summed E-state index contributed by atoms with van der Waals surface area (Å²) in [4.78, 5) is 13.6. The van der Waals surface area contributed by atoms with Crippen molar-refractivity contribution in [3.05, 3.63) is 21.9 Å². The molecule has 2 atom stereocenters. The number of aryl methyl sites for hydroxylation is 1. The number of methoxy groups -OCH3 is 1. The van der Waals surface area contributed by atoms with Gasteiger partial charge in [-0.25, -0.2) is 0 Å². The lowest BCUT2D eigenvalue weighted by Crippen LogP contribution is -2.22. The first-order valence-corrected chi connectivity index (χ1v) is 7.41. The molecule has 96 valence electrons. The van der Waals surface area contributed by atoms with Crippen molar-refractivity contribution >= 4 is 29.1 Å². The summed E-state index contributed by atoms with van der Waals surface area (Å²) in [7, 11) is 1.42. The van der Waals surface area contributed by atoms with E-state index in [1.165, 1.54) is 16.9 Å². The first-order chi connectivity index (χ1) is 8.04. The van der Waals surface area contributed by atoms with E-state index in [1.54, 1.807) is 23.1 Å². The predicted molar refractivity (Wildman–Crippen MR) is 74.5 cm³/mol. The predicted octanol–water partition coefficient (Wildman–Crippen LogP) is 2.74. The maximum Gasteiger partial charge on any atom is 0.306 e. The van der Waals surface area contributed by atoms with Gasteiger partial charge < -0.3 is 10.5 Å². The summed E-state index contributed by atoms with van der Waals surface area (Å²) in [6.07, 6.45) is 0.439. The first-order valence-electron chi connectivity index (χ1n) is 5.55. The van der Waals surface area contributed by atoms with Gasteiger partial charge in [0.1, 0.15) is 0 Å². The molecule has 1 heterocycles. The maximum absolute atomic E-state index is 11.0. The van der Waals surface area contributed by atoms with Gasteiger partial charge in [0, 0.05) is 21.5 Å². The molecule has 0 aromatic carbocycles. The number of nitrogens with two attached hydrogens (primary N) is 1. The minimum atomic E-state index is -0.164. The van der Waals surface area contributed by atoms with Gasteiger partial charge >= 0.3 is 5.97 Å². The van der Waals surface area contributed by atoms with Crippen molar-refractivity contribution in [1.29, 1.82) is 0 Å². The van der Waals surface area contributed by atoms with E-state index >= 15 is 0 Å². The standard InChI is InChI=1S/C12H19NO2S2/c1-8-4-5-10(17-8)12(9(2)13)16-7-6-11(14)15-3/h4-5,9,12H,6-7,13H2,1-3H3. The molecule has 0 aliphatic heterocycles. The van der Waals surface area contributed by atoms with Crippen LogP contribution in [0.4, 0.5) is 0 Å². The van der Waals surface area contributed by atoms with E-state index in [4.69, 9.17) is 5.73 Å². The minimum Gasteiger partial charge on any atom is -0.469 e. The van der Waals surface area contributed by atoms with Crippen molar-refractivity contribution in [2.75, 3.05) is 12.9 Å². The summed E-state index contributed by atoms with van der Waals surface area (Å²) >= 11 is 3.50. The van der Waals surface area contributed by atoms with Crippen LogP contribution in [0.5, 0.6) is 0 Å². The lowest BCUT2D eigenvalue weighted by molar-refractivity contribution is -0.140. The molecule has 0 saturated heterocycles. The highest BCUT2D eigenvalue weighted by molar-refractivity contribution is 7.99. The van der Waals surface area contributed by atoms with Gasteiger partial charge in [-0.2, -0.15) is 11.8 Å². The number of thioether (sulfide) groups is 1. The van der Waals surface area contributed by atoms with E-state index in [9.17, 15) is 4.79 Å². The van der Waals surface area contributed by atoms with Gasteiger partial charge in [0.25, 0.3) is 0 Å². The molecule has 0 aliphatic carbocycles. The second kappa shape index (κ2) is 7.03. The van der Waals surface area contributed by atoms with Crippen molar-refractivity contribution in [1.82, 2.24) is 0 Å². The lowest BCUT2D eigenvalue weighted by atomic mass is 10.2. The highest BCUT2D eigenvalue weighted by Gasteiger charge is 2.18. The van der Waals surface area contributed by atoms with Crippen molar-refractivity contribution in [2.45, 2.75) is 31.6 Å².